The second kappa shape index (κ2) is 7.42. The minimum atomic E-state index is -0.708. The zero-order valence-corrected chi connectivity index (χ0v) is 14.6. The summed E-state index contributed by atoms with van der Waals surface area (Å²) in [5.74, 6) is -0.819. The Balaban J connectivity index is 2.06. The Morgan fingerprint density at radius 2 is 1.81 bits per heavy atom. The van der Waals surface area contributed by atoms with Gasteiger partial charge >= 0.3 is 0 Å². The lowest BCUT2D eigenvalue weighted by atomic mass is 10.0. The number of halogens is 1. The predicted molar refractivity (Wildman–Crippen MR) is 99.4 cm³/mol. The molecule has 9 heteroatoms. The number of aromatic hydroxyl groups is 1. The highest BCUT2D eigenvalue weighted by Gasteiger charge is 2.15. The molecule has 3 N–H and O–H groups in total. The van der Waals surface area contributed by atoms with Gasteiger partial charge in [-0.05, 0) is 30.4 Å². The van der Waals surface area contributed by atoms with Crippen LogP contribution in [0.15, 0.2) is 63.6 Å². The smallest absolute Gasteiger partial charge is 0.283 e. The van der Waals surface area contributed by atoms with Crippen molar-refractivity contribution in [3.8, 4) is 5.88 Å². The van der Waals surface area contributed by atoms with Gasteiger partial charge in [0.2, 0.25) is 11.6 Å². The van der Waals surface area contributed by atoms with Crippen molar-refractivity contribution in [2.75, 3.05) is 0 Å². The standard InChI is InChI=1S/C17H11ClN4O3S/c18-10-6-7-12(11(8-10)14(23)9-4-2-1-3-5-9)21-22-13-15(24)19-17(26)20-16(13)25/h1-8H,(H3,19,20,24,25,26). The van der Waals surface area contributed by atoms with Gasteiger partial charge in [-0.1, -0.05) is 41.9 Å². The maximum Gasteiger partial charge on any atom is 0.283 e. The van der Waals surface area contributed by atoms with Crippen LogP contribution in [-0.4, -0.2) is 20.9 Å². The topological polar surface area (TPSA) is 111 Å². The van der Waals surface area contributed by atoms with Gasteiger partial charge in [0.25, 0.3) is 5.56 Å². The molecule has 0 fully saturated rings. The van der Waals surface area contributed by atoms with Crippen LogP contribution < -0.4 is 5.56 Å². The number of carbonyl (C=O) groups is 1. The zero-order chi connectivity index (χ0) is 18.7. The fourth-order valence-electron chi connectivity index (χ4n) is 2.19. The van der Waals surface area contributed by atoms with Gasteiger partial charge in [0.05, 0.1) is 11.3 Å². The third-order valence-electron chi connectivity index (χ3n) is 3.40. The van der Waals surface area contributed by atoms with Crippen molar-refractivity contribution in [1.82, 2.24) is 9.97 Å². The lowest BCUT2D eigenvalue weighted by molar-refractivity contribution is 0.103. The van der Waals surface area contributed by atoms with Gasteiger partial charge in [0.1, 0.15) is 0 Å². The third kappa shape index (κ3) is 3.76. The summed E-state index contributed by atoms with van der Waals surface area (Å²) in [5, 5.41) is 17.8. The number of carbonyl (C=O) groups excluding carboxylic acids is 1. The van der Waals surface area contributed by atoms with Crippen molar-refractivity contribution in [3.05, 3.63) is 79.8 Å². The molecule has 0 aliphatic rings. The maximum atomic E-state index is 12.7. The lowest BCUT2D eigenvalue weighted by Gasteiger charge is -2.05. The Kier molecular flexibility index (Phi) is 5.06. The fraction of sp³-hybridized carbons (Fsp3) is 0. The van der Waals surface area contributed by atoms with E-state index in [9.17, 15) is 14.7 Å². The second-order valence-electron chi connectivity index (χ2n) is 5.16. The Morgan fingerprint density at radius 1 is 1.08 bits per heavy atom. The fourth-order valence-corrected chi connectivity index (χ4v) is 2.55. The van der Waals surface area contributed by atoms with Crippen molar-refractivity contribution >= 4 is 41.0 Å². The highest BCUT2D eigenvalue weighted by molar-refractivity contribution is 7.71. The van der Waals surface area contributed by atoms with Crippen LogP contribution in [0.2, 0.25) is 5.02 Å². The molecule has 2 aromatic carbocycles. The molecule has 1 heterocycles. The van der Waals surface area contributed by atoms with Crippen molar-refractivity contribution in [3.63, 3.8) is 0 Å². The van der Waals surface area contributed by atoms with Crippen molar-refractivity contribution in [2.24, 2.45) is 10.2 Å². The molecule has 0 amide bonds. The minimum absolute atomic E-state index is 0.0436. The van der Waals surface area contributed by atoms with Gasteiger partial charge in [-0.3, -0.25) is 14.6 Å². The largest absolute Gasteiger partial charge is 0.493 e. The van der Waals surface area contributed by atoms with Crippen LogP contribution in [0.4, 0.5) is 11.4 Å². The number of ketones is 1. The summed E-state index contributed by atoms with van der Waals surface area (Å²) in [5.41, 5.74) is -0.195. The first-order chi connectivity index (χ1) is 12.5. The molecule has 0 saturated heterocycles. The van der Waals surface area contributed by atoms with Crippen LogP contribution in [0.25, 0.3) is 0 Å². The molecule has 1 aromatic heterocycles. The van der Waals surface area contributed by atoms with E-state index in [0.29, 0.717) is 10.6 Å². The third-order valence-corrected chi connectivity index (χ3v) is 3.83. The van der Waals surface area contributed by atoms with E-state index in [1.807, 2.05) is 0 Å². The summed E-state index contributed by atoms with van der Waals surface area (Å²) in [6, 6.07) is 13.1. The van der Waals surface area contributed by atoms with E-state index in [0.717, 1.165) is 0 Å². The Hall–Kier alpha value is -3.10. The van der Waals surface area contributed by atoms with E-state index < -0.39 is 11.4 Å². The first kappa shape index (κ1) is 17.7. The summed E-state index contributed by atoms with van der Waals surface area (Å²) in [4.78, 5) is 29.2. The lowest BCUT2D eigenvalue weighted by Crippen LogP contribution is -2.06. The van der Waals surface area contributed by atoms with Gasteiger partial charge < -0.3 is 10.1 Å². The maximum absolute atomic E-state index is 12.7. The molecule has 0 aliphatic heterocycles. The number of rotatable bonds is 4. The number of aromatic amines is 2. The minimum Gasteiger partial charge on any atom is -0.493 e. The molecule has 0 spiro atoms. The Labute approximate surface area is 157 Å². The first-order valence-electron chi connectivity index (χ1n) is 7.32. The van der Waals surface area contributed by atoms with E-state index in [4.69, 9.17) is 23.8 Å². The molecule has 0 saturated carbocycles. The molecule has 3 rings (SSSR count). The molecule has 0 unspecified atom stereocenters. The molecular weight excluding hydrogens is 376 g/mol. The van der Waals surface area contributed by atoms with Crippen LogP contribution in [0, 0.1) is 4.77 Å². The molecule has 0 atom stereocenters. The normalized spacial score (nSPS) is 11.0. The summed E-state index contributed by atoms with van der Waals surface area (Å²) in [7, 11) is 0. The van der Waals surface area contributed by atoms with Crippen LogP contribution in [0.1, 0.15) is 15.9 Å². The van der Waals surface area contributed by atoms with Gasteiger partial charge in [-0.2, -0.15) is 0 Å². The SMILES string of the molecule is O=C(c1ccccc1)c1cc(Cl)ccc1N=Nc1c(O)[nH]c(=S)[nH]c1=O. The first-order valence-corrected chi connectivity index (χ1v) is 8.11. The van der Waals surface area contributed by atoms with E-state index >= 15 is 0 Å². The number of benzene rings is 2. The summed E-state index contributed by atoms with van der Waals surface area (Å²) < 4.78 is -0.0436. The number of H-pyrrole nitrogens is 2. The molecule has 0 bridgehead atoms. The number of aromatic nitrogens is 2. The van der Waals surface area contributed by atoms with E-state index in [-0.39, 0.29) is 27.5 Å². The van der Waals surface area contributed by atoms with Crippen LogP contribution in [-0.2, 0) is 0 Å². The number of nitrogens with one attached hydrogen (secondary N) is 2. The average Bonchev–Trinajstić information content (AvgIpc) is 2.62. The van der Waals surface area contributed by atoms with Crippen LogP contribution in [0.5, 0.6) is 5.88 Å². The van der Waals surface area contributed by atoms with Crippen molar-refractivity contribution in [2.45, 2.75) is 0 Å². The van der Waals surface area contributed by atoms with Gasteiger partial charge in [0.15, 0.2) is 10.6 Å². The predicted octanol–water partition coefficient (Wildman–Crippen LogP) is 4.44. The molecule has 130 valence electrons. The van der Waals surface area contributed by atoms with E-state index in [2.05, 4.69) is 20.2 Å². The van der Waals surface area contributed by atoms with E-state index in [1.54, 1.807) is 36.4 Å². The zero-order valence-electron chi connectivity index (χ0n) is 13.1. The Bertz CT molecular complexity index is 1120. The average molecular weight is 387 g/mol. The van der Waals surface area contributed by atoms with Crippen molar-refractivity contribution in [1.29, 1.82) is 0 Å². The van der Waals surface area contributed by atoms with Crippen LogP contribution >= 0.6 is 23.8 Å². The second-order valence-corrected chi connectivity index (χ2v) is 6.01. The molecular formula is C17H11ClN4O3S. The molecule has 3 aromatic rings. The van der Waals surface area contributed by atoms with Crippen LogP contribution in [0.3, 0.4) is 0 Å². The molecule has 26 heavy (non-hydrogen) atoms. The number of hydrogen-bond donors (Lipinski definition) is 3. The number of nitrogens with zero attached hydrogens (tertiary/aromatic N) is 2. The van der Waals surface area contributed by atoms with E-state index in [1.165, 1.54) is 12.1 Å². The molecule has 0 radical (unpaired) electrons. The summed E-state index contributed by atoms with van der Waals surface area (Å²) in [6.07, 6.45) is 0. The number of azo groups is 1. The molecule has 7 nitrogen and oxygen atoms in total. The Morgan fingerprint density at radius 3 is 2.50 bits per heavy atom. The van der Waals surface area contributed by atoms with Gasteiger partial charge in [-0.15, -0.1) is 10.2 Å². The summed E-state index contributed by atoms with van der Waals surface area (Å²) in [6.45, 7) is 0. The monoisotopic (exact) mass is 386 g/mol. The number of hydrogen-bond acceptors (Lipinski definition) is 6. The highest BCUT2D eigenvalue weighted by Crippen LogP contribution is 2.28. The summed E-state index contributed by atoms with van der Waals surface area (Å²) >= 11 is 10.7. The van der Waals surface area contributed by atoms with Crippen molar-refractivity contribution < 1.29 is 9.90 Å². The highest BCUT2D eigenvalue weighted by atomic mass is 35.5. The van der Waals surface area contributed by atoms with Gasteiger partial charge in [0, 0.05) is 10.6 Å². The quantitative estimate of drug-likeness (QED) is 0.349. The molecule has 0 aliphatic carbocycles. The van der Waals surface area contributed by atoms with Gasteiger partial charge in [-0.25, -0.2) is 0 Å².